The highest BCUT2D eigenvalue weighted by atomic mass is 15.0. The quantitative estimate of drug-likeness (QED) is 0.173. The van der Waals surface area contributed by atoms with Gasteiger partial charge in [-0.3, -0.25) is 0 Å². The third kappa shape index (κ3) is 5.64. The van der Waals surface area contributed by atoms with E-state index in [-0.39, 0.29) is 5.41 Å². The van der Waals surface area contributed by atoms with E-state index in [0.29, 0.717) is 17.5 Å². The zero-order valence-corrected chi connectivity index (χ0v) is 30.7. The van der Waals surface area contributed by atoms with Crippen molar-refractivity contribution in [3.63, 3.8) is 0 Å². The monoisotopic (exact) mass is 703 g/mol. The van der Waals surface area contributed by atoms with Gasteiger partial charge in [0.15, 0.2) is 17.5 Å². The van der Waals surface area contributed by atoms with Crippen LogP contribution in [-0.2, 0) is 5.41 Å². The molecule has 0 radical (unpaired) electrons. The van der Waals surface area contributed by atoms with Crippen LogP contribution in [0.15, 0.2) is 188 Å². The first kappa shape index (κ1) is 32.7. The fraction of sp³-hybridized carbons (Fsp3) is 0.0577. The second-order valence-electron chi connectivity index (χ2n) is 14.8. The lowest BCUT2D eigenvalue weighted by molar-refractivity contribution is 0.660. The van der Waals surface area contributed by atoms with E-state index >= 15 is 0 Å². The molecule has 0 fully saturated rings. The van der Waals surface area contributed by atoms with Crippen LogP contribution in [0, 0.1) is 0 Å². The third-order valence-electron chi connectivity index (χ3n) is 11.2. The van der Waals surface area contributed by atoms with Gasteiger partial charge in [0.2, 0.25) is 0 Å². The third-order valence-corrected chi connectivity index (χ3v) is 11.2. The molecule has 9 aromatic rings. The number of nitrogens with zero attached hydrogens (tertiary/aromatic N) is 3. The van der Waals surface area contributed by atoms with Gasteiger partial charge in [-0.15, -0.1) is 0 Å². The van der Waals surface area contributed by atoms with Crippen LogP contribution in [0.5, 0.6) is 0 Å². The topological polar surface area (TPSA) is 38.7 Å². The van der Waals surface area contributed by atoms with Gasteiger partial charge in [0.1, 0.15) is 0 Å². The second-order valence-corrected chi connectivity index (χ2v) is 14.8. The number of benzene rings is 8. The first-order valence-corrected chi connectivity index (χ1v) is 18.9. The molecule has 55 heavy (non-hydrogen) atoms. The normalized spacial score (nSPS) is 12.7. The maximum atomic E-state index is 5.27. The van der Waals surface area contributed by atoms with E-state index in [0.717, 1.165) is 49.7 Å². The lowest BCUT2D eigenvalue weighted by atomic mass is 9.82. The first-order chi connectivity index (χ1) is 27.0. The molecule has 0 bridgehead atoms. The van der Waals surface area contributed by atoms with Gasteiger partial charge in [-0.1, -0.05) is 190 Å². The highest BCUT2D eigenvalue weighted by molar-refractivity contribution is 5.98. The van der Waals surface area contributed by atoms with Gasteiger partial charge in [0.05, 0.1) is 0 Å². The molecule has 260 valence electrons. The van der Waals surface area contributed by atoms with Crippen LogP contribution in [-0.4, -0.2) is 15.0 Å². The molecule has 0 saturated carbocycles. The van der Waals surface area contributed by atoms with Crippen molar-refractivity contribution in [3.8, 4) is 78.7 Å². The van der Waals surface area contributed by atoms with Crippen molar-refractivity contribution in [1.29, 1.82) is 0 Å². The molecule has 0 atom stereocenters. The average Bonchev–Trinajstić information content (AvgIpc) is 3.49. The molecule has 8 aromatic carbocycles. The molecule has 0 saturated heterocycles. The smallest absolute Gasteiger partial charge is 0.164 e. The van der Waals surface area contributed by atoms with Crippen molar-refractivity contribution in [1.82, 2.24) is 15.0 Å². The predicted molar refractivity (Wildman–Crippen MR) is 228 cm³/mol. The van der Waals surface area contributed by atoms with Crippen LogP contribution in [0.1, 0.15) is 25.0 Å². The van der Waals surface area contributed by atoms with Gasteiger partial charge in [-0.2, -0.15) is 0 Å². The molecule has 0 spiro atoms. The lowest BCUT2D eigenvalue weighted by Crippen LogP contribution is -2.14. The molecule has 1 aliphatic rings. The van der Waals surface area contributed by atoms with E-state index in [1.54, 1.807) is 0 Å². The first-order valence-electron chi connectivity index (χ1n) is 18.9. The van der Waals surface area contributed by atoms with E-state index in [1.807, 2.05) is 12.1 Å². The molecule has 10 rings (SSSR count). The van der Waals surface area contributed by atoms with E-state index in [4.69, 9.17) is 15.0 Å². The summed E-state index contributed by atoms with van der Waals surface area (Å²) < 4.78 is 0. The van der Waals surface area contributed by atoms with Gasteiger partial charge in [-0.05, 0) is 78.5 Å². The largest absolute Gasteiger partial charge is 0.208 e. The number of rotatable bonds is 6. The number of aromatic nitrogens is 3. The minimum Gasteiger partial charge on any atom is -0.208 e. The van der Waals surface area contributed by atoms with E-state index in [9.17, 15) is 0 Å². The van der Waals surface area contributed by atoms with Crippen molar-refractivity contribution in [2.75, 3.05) is 0 Å². The standard InChI is InChI=1S/C52H37N3/c1-52(2)47-27-14-13-23-42(47)46-33-37(29-31-48(46)52)36-28-30-41-38(32-36)20-15-26-45(41)51-54-49(43-24-11-9-21-39(43)34-16-5-3-6-17-34)53-50(55-51)44-25-12-10-22-40(44)35-18-7-4-8-19-35/h3-33H,1-2H3. The van der Waals surface area contributed by atoms with Gasteiger partial charge in [0.25, 0.3) is 0 Å². The predicted octanol–water partition coefficient (Wildman–Crippen LogP) is 13.3. The van der Waals surface area contributed by atoms with Crippen LogP contribution < -0.4 is 0 Å². The summed E-state index contributed by atoms with van der Waals surface area (Å²) in [4.78, 5) is 15.8. The fourth-order valence-electron chi connectivity index (χ4n) is 8.39. The van der Waals surface area contributed by atoms with Crippen molar-refractivity contribution in [2.45, 2.75) is 19.3 Å². The number of fused-ring (bicyclic) bond motifs is 4. The lowest BCUT2D eigenvalue weighted by Gasteiger charge is -2.21. The minimum atomic E-state index is -0.0196. The summed E-state index contributed by atoms with van der Waals surface area (Å²) in [6.45, 7) is 4.65. The second kappa shape index (κ2) is 13.2. The molecular formula is C52H37N3. The zero-order chi connectivity index (χ0) is 36.9. The summed E-state index contributed by atoms with van der Waals surface area (Å²) in [6.07, 6.45) is 0. The van der Waals surface area contributed by atoms with E-state index in [1.165, 1.54) is 33.4 Å². The van der Waals surface area contributed by atoms with E-state index in [2.05, 4.69) is 190 Å². The van der Waals surface area contributed by atoms with Crippen molar-refractivity contribution < 1.29 is 0 Å². The molecule has 3 heteroatoms. The number of hydrogen-bond acceptors (Lipinski definition) is 3. The minimum absolute atomic E-state index is 0.0196. The van der Waals surface area contributed by atoms with Crippen LogP contribution in [0.3, 0.4) is 0 Å². The molecular weight excluding hydrogens is 667 g/mol. The number of hydrogen-bond donors (Lipinski definition) is 0. The Bertz CT molecular complexity index is 2790. The highest BCUT2D eigenvalue weighted by Crippen LogP contribution is 2.49. The van der Waals surface area contributed by atoms with Gasteiger partial charge >= 0.3 is 0 Å². The zero-order valence-electron chi connectivity index (χ0n) is 30.7. The van der Waals surface area contributed by atoms with Crippen molar-refractivity contribution in [3.05, 3.63) is 199 Å². The van der Waals surface area contributed by atoms with Crippen LogP contribution >= 0.6 is 0 Å². The maximum absolute atomic E-state index is 5.27. The Labute approximate surface area is 321 Å². The van der Waals surface area contributed by atoms with Crippen LogP contribution in [0.4, 0.5) is 0 Å². The Kier molecular flexibility index (Phi) is 7.81. The average molecular weight is 704 g/mol. The summed E-state index contributed by atoms with van der Waals surface area (Å²) in [7, 11) is 0. The van der Waals surface area contributed by atoms with Crippen LogP contribution in [0.25, 0.3) is 89.4 Å². The molecule has 0 aliphatic heterocycles. The summed E-state index contributed by atoms with van der Waals surface area (Å²) in [5, 5.41) is 2.23. The summed E-state index contributed by atoms with van der Waals surface area (Å²) in [6, 6.07) is 66.6. The highest BCUT2D eigenvalue weighted by Gasteiger charge is 2.35. The van der Waals surface area contributed by atoms with Crippen molar-refractivity contribution >= 4 is 10.8 Å². The molecule has 0 amide bonds. The van der Waals surface area contributed by atoms with Gasteiger partial charge < -0.3 is 0 Å². The molecule has 3 nitrogen and oxygen atoms in total. The summed E-state index contributed by atoms with van der Waals surface area (Å²) >= 11 is 0. The van der Waals surface area contributed by atoms with Crippen molar-refractivity contribution in [2.24, 2.45) is 0 Å². The fourth-order valence-corrected chi connectivity index (χ4v) is 8.39. The Balaban J connectivity index is 1.14. The van der Waals surface area contributed by atoms with Crippen LogP contribution in [0.2, 0.25) is 0 Å². The Morgan fingerprint density at radius 2 is 0.764 bits per heavy atom. The van der Waals surface area contributed by atoms with Gasteiger partial charge in [-0.25, -0.2) is 15.0 Å². The van der Waals surface area contributed by atoms with E-state index < -0.39 is 0 Å². The van der Waals surface area contributed by atoms with Gasteiger partial charge in [0, 0.05) is 22.1 Å². The molecule has 0 N–H and O–H groups in total. The molecule has 0 unspecified atom stereocenters. The molecule has 1 aromatic heterocycles. The Hall–Kier alpha value is -6.97. The Morgan fingerprint density at radius 3 is 1.38 bits per heavy atom. The Morgan fingerprint density at radius 1 is 0.309 bits per heavy atom. The molecule has 1 heterocycles. The summed E-state index contributed by atoms with van der Waals surface area (Å²) in [5.74, 6) is 1.91. The SMILES string of the molecule is CC1(C)c2ccccc2-c2cc(-c3ccc4c(-c5nc(-c6ccccc6-c6ccccc6)nc(-c6ccccc6-c6ccccc6)n5)cccc4c3)ccc21. The summed E-state index contributed by atoms with van der Waals surface area (Å²) in [5.41, 5.74) is 15.0. The molecule has 1 aliphatic carbocycles. The maximum Gasteiger partial charge on any atom is 0.164 e.